The predicted molar refractivity (Wildman–Crippen MR) is 74.5 cm³/mol. The number of rotatable bonds is 6. The number of carbonyl (C=O) groups is 1. The van der Waals surface area contributed by atoms with Gasteiger partial charge in [-0.15, -0.1) is 0 Å². The summed E-state index contributed by atoms with van der Waals surface area (Å²) < 4.78 is 10.5. The lowest BCUT2D eigenvalue weighted by atomic mass is 10.1. The lowest BCUT2D eigenvalue weighted by molar-refractivity contribution is -0.130. The van der Waals surface area contributed by atoms with Crippen molar-refractivity contribution < 1.29 is 14.3 Å². The molecular weight excluding hydrogens is 244 g/mol. The Morgan fingerprint density at radius 2 is 2.00 bits per heavy atom. The summed E-state index contributed by atoms with van der Waals surface area (Å²) in [5.41, 5.74) is 0.959. The monoisotopic (exact) mass is 266 g/mol. The molecule has 0 radical (unpaired) electrons. The van der Waals surface area contributed by atoms with Crippen molar-refractivity contribution in [3.63, 3.8) is 0 Å². The van der Waals surface area contributed by atoms with Crippen LogP contribution in [0.4, 0.5) is 0 Å². The number of methoxy groups -OCH3 is 2. The molecule has 1 rings (SSSR count). The third-order valence-corrected chi connectivity index (χ3v) is 2.90. The van der Waals surface area contributed by atoms with Gasteiger partial charge < -0.3 is 19.7 Å². The van der Waals surface area contributed by atoms with Crippen molar-refractivity contribution >= 4 is 5.91 Å². The second-order valence-corrected chi connectivity index (χ2v) is 4.51. The second-order valence-electron chi connectivity index (χ2n) is 4.51. The molecule has 19 heavy (non-hydrogen) atoms. The zero-order valence-corrected chi connectivity index (χ0v) is 12.2. The van der Waals surface area contributed by atoms with Crippen molar-refractivity contribution in [3.8, 4) is 11.5 Å². The van der Waals surface area contributed by atoms with Crippen LogP contribution in [-0.4, -0.2) is 45.2 Å². The van der Waals surface area contributed by atoms with E-state index in [2.05, 4.69) is 5.32 Å². The molecule has 0 aliphatic carbocycles. The van der Waals surface area contributed by atoms with Crippen LogP contribution in [0.5, 0.6) is 11.5 Å². The number of hydrogen-bond donors (Lipinski definition) is 1. The van der Waals surface area contributed by atoms with E-state index in [1.54, 1.807) is 33.2 Å². The normalized spacial score (nSPS) is 11.8. The van der Waals surface area contributed by atoms with Gasteiger partial charge in [-0.1, -0.05) is 0 Å². The van der Waals surface area contributed by atoms with Gasteiger partial charge in [0.25, 0.3) is 0 Å². The van der Waals surface area contributed by atoms with Gasteiger partial charge in [0.15, 0.2) is 0 Å². The smallest absolute Gasteiger partial charge is 0.238 e. The van der Waals surface area contributed by atoms with Crippen LogP contribution in [0.2, 0.25) is 0 Å². The van der Waals surface area contributed by atoms with Crippen LogP contribution in [0, 0.1) is 0 Å². The summed E-state index contributed by atoms with van der Waals surface area (Å²) >= 11 is 0. The number of nitrogens with zero attached hydrogens (tertiary/aromatic N) is 1. The van der Waals surface area contributed by atoms with Crippen molar-refractivity contribution in [2.45, 2.75) is 19.5 Å². The lowest BCUT2D eigenvalue weighted by Crippen LogP contribution is -2.41. The number of nitrogens with one attached hydrogen (secondary N) is 1. The quantitative estimate of drug-likeness (QED) is 0.842. The van der Waals surface area contributed by atoms with Crippen molar-refractivity contribution in [1.82, 2.24) is 10.2 Å². The molecule has 0 saturated carbocycles. The summed E-state index contributed by atoms with van der Waals surface area (Å²) in [6.07, 6.45) is 0. The second kappa shape index (κ2) is 6.99. The van der Waals surface area contributed by atoms with Gasteiger partial charge in [-0.05, 0) is 25.1 Å². The molecule has 0 fully saturated rings. The van der Waals surface area contributed by atoms with E-state index in [1.165, 1.54) is 0 Å². The highest BCUT2D eigenvalue weighted by Gasteiger charge is 2.15. The van der Waals surface area contributed by atoms with Gasteiger partial charge in [0.2, 0.25) is 5.91 Å². The first-order valence-electron chi connectivity index (χ1n) is 6.15. The summed E-state index contributed by atoms with van der Waals surface area (Å²) in [6, 6.07) is 5.36. The summed E-state index contributed by atoms with van der Waals surface area (Å²) in [5, 5.41) is 3.18. The molecule has 0 aromatic heterocycles. The van der Waals surface area contributed by atoms with Gasteiger partial charge >= 0.3 is 0 Å². The van der Waals surface area contributed by atoms with Crippen molar-refractivity contribution in [3.05, 3.63) is 23.8 Å². The minimum absolute atomic E-state index is 0.0434. The molecule has 1 aromatic carbocycles. The number of amides is 1. The minimum Gasteiger partial charge on any atom is -0.497 e. The van der Waals surface area contributed by atoms with E-state index in [4.69, 9.17) is 9.47 Å². The number of ether oxygens (including phenoxy) is 2. The number of likely N-dealkylation sites (N-methyl/N-ethyl adjacent to an activating group) is 1. The third kappa shape index (κ3) is 4.13. The van der Waals surface area contributed by atoms with Gasteiger partial charge in [-0.25, -0.2) is 0 Å². The maximum absolute atomic E-state index is 11.7. The molecule has 0 aliphatic heterocycles. The van der Waals surface area contributed by atoms with Crippen LogP contribution in [0.1, 0.15) is 12.5 Å². The molecule has 106 valence electrons. The Hall–Kier alpha value is -1.75. The van der Waals surface area contributed by atoms with Gasteiger partial charge in [-0.2, -0.15) is 0 Å². The Bertz CT molecular complexity index is 433. The lowest BCUT2D eigenvalue weighted by Gasteiger charge is -2.19. The summed E-state index contributed by atoms with van der Waals surface area (Å²) in [7, 11) is 6.73. The van der Waals surface area contributed by atoms with Crippen LogP contribution >= 0.6 is 0 Å². The average molecular weight is 266 g/mol. The standard InChI is InChI=1S/C14H22N2O3/c1-10(14(17)16(2)3)15-9-11-8-12(18-4)6-7-13(11)19-5/h6-8,10,15H,9H2,1-5H3. The molecular formula is C14H22N2O3. The highest BCUT2D eigenvalue weighted by Crippen LogP contribution is 2.23. The number of benzene rings is 1. The Balaban J connectivity index is 2.73. The zero-order chi connectivity index (χ0) is 14.4. The first-order valence-corrected chi connectivity index (χ1v) is 6.15. The maximum atomic E-state index is 11.7. The van der Waals surface area contributed by atoms with E-state index in [0.29, 0.717) is 6.54 Å². The Kier molecular flexibility index (Phi) is 5.63. The van der Waals surface area contributed by atoms with Crippen LogP contribution in [0.25, 0.3) is 0 Å². The SMILES string of the molecule is COc1ccc(OC)c(CNC(C)C(=O)N(C)C)c1. The largest absolute Gasteiger partial charge is 0.497 e. The summed E-state index contributed by atoms with van der Waals surface area (Å²) in [4.78, 5) is 13.3. The van der Waals surface area contributed by atoms with E-state index in [-0.39, 0.29) is 11.9 Å². The molecule has 1 atom stereocenters. The molecule has 0 heterocycles. The predicted octanol–water partition coefficient (Wildman–Crippen LogP) is 1.27. The Morgan fingerprint density at radius 1 is 1.32 bits per heavy atom. The molecule has 0 spiro atoms. The van der Waals surface area contributed by atoms with Gasteiger partial charge in [0.1, 0.15) is 11.5 Å². The molecule has 0 saturated heterocycles. The molecule has 0 aliphatic rings. The van der Waals surface area contributed by atoms with Crippen LogP contribution in [0.3, 0.4) is 0 Å². The fourth-order valence-electron chi connectivity index (χ4n) is 1.76. The average Bonchev–Trinajstić information content (AvgIpc) is 2.43. The van der Waals surface area contributed by atoms with E-state index in [0.717, 1.165) is 17.1 Å². The molecule has 0 bridgehead atoms. The fraction of sp³-hybridized carbons (Fsp3) is 0.500. The number of hydrogen-bond acceptors (Lipinski definition) is 4. The van der Waals surface area contributed by atoms with Gasteiger partial charge in [0, 0.05) is 26.2 Å². The van der Waals surface area contributed by atoms with Crippen molar-refractivity contribution in [2.24, 2.45) is 0 Å². The zero-order valence-electron chi connectivity index (χ0n) is 12.2. The molecule has 1 amide bonds. The molecule has 1 N–H and O–H groups in total. The van der Waals surface area contributed by atoms with E-state index < -0.39 is 0 Å². The Morgan fingerprint density at radius 3 is 2.53 bits per heavy atom. The number of carbonyl (C=O) groups excluding carboxylic acids is 1. The van der Waals surface area contributed by atoms with E-state index in [1.807, 2.05) is 25.1 Å². The highest BCUT2D eigenvalue weighted by molar-refractivity contribution is 5.80. The van der Waals surface area contributed by atoms with Crippen molar-refractivity contribution in [1.29, 1.82) is 0 Å². The van der Waals surface area contributed by atoms with Crippen LogP contribution in [0.15, 0.2) is 18.2 Å². The topological polar surface area (TPSA) is 50.8 Å². The first-order chi connectivity index (χ1) is 8.99. The highest BCUT2D eigenvalue weighted by atomic mass is 16.5. The van der Waals surface area contributed by atoms with E-state index >= 15 is 0 Å². The minimum atomic E-state index is -0.245. The van der Waals surface area contributed by atoms with E-state index in [9.17, 15) is 4.79 Å². The fourth-order valence-corrected chi connectivity index (χ4v) is 1.76. The van der Waals surface area contributed by atoms with Crippen LogP contribution < -0.4 is 14.8 Å². The van der Waals surface area contributed by atoms with Gasteiger partial charge in [-0.3, -0.25) is 4.79 Å². The van der Waals surface area contributed by atoms with Gasteiger partial charge in [0.05, 0.1) is 20.3 Å². The maximum Gasteiger partial charge on any atom is 0.238 e. The van der Waals surface area contributed by atoms with Crippen molar-refractivity contribution in [2.75, 3.05) is 28.3 Å². The molecule has 1 aromatic rings. The molecule has 1 unspecified atom stereocenters. The van der Waals surface area contributed by atoms with Crippen LogP contribution in [-0.2, 0) is 11.3 Å². The summed E-state index contributed by atoms with van der Waals surface area (Å²) in [5.74, 6) is 1.59. The summed E-state index contributed by atoms with van der Waals surface area (Å²) in [6.45, 7) is 2.39. The Labute approximate surface area is 114 Å². The molecule has 5 heteroatoms. The molecule has 5 nitrogen and oxygen atoms in total. The first kappa shape index (κ1) is 15.3. The third-order valence-electron chi connectivity index (χ3n) is 2.90.